The standard InChI is InChI=1S/C14H19N3O2/c1-4-11(3)15-9-13-14(18)19-16-17(13)12-7-5-10(2)6-8-12/h5-8,11,15H,4,9H2,1-3H3/p+1. The lowest BCUT2D eigenvalue weighted by Gasteiger charge is -2.07. The minimum atomic E-state index is -0.337. The minimum absolute atomic E-state index is 0.337. The third kappa shape index (κ3) is 3.12. The van der Waals surface area contributed by atoms with Crippen LogP contribution >= 0.6 is 0 Å². The Bertz CT molecular complexity index is 583. The number of rotatable bonds is 5. The number of hydrogen-bond donors (Lipinski definition) is 2. The van der Waals surface area contributed by atoms with Crippen LogP contribution in [-0.4, -0.2) is 11.3 Å². The van der Waals surface area contributed by atoms with Crippen LogP contribution in [0.2, 0.25) is 0 Å². The highest BCUT2D eigenvalue weighted by Crippen LogP contribution is 2.02. The van der Waals surface area contributed by atoms with E-state index in [-0.39, 0.29) is 5.63 Å². The van der Waals surface area contributed by atoms with E-state index in [4.69, 9.17) is 4.52 Å². The van der Waals surface area contributed by atoms with Crippen LogP contribution in [0.5, 0.6) is 0 Å². The van der Waals surface area contributed by atoms with E-state index < -0.39 is 0 Å². The summed E-state index contributed by atoms with van der Waals surface area (Å²) in [6.07, 6.45) is 1.01. The second-order valence-electron chi connectivity index (χ2n) is 4.79. The van der Waals surface area contributed by atoms with Gasteiger partial charge < -0.3 is 5.32 Å². The van der Waals surface area contributed by atoms with Gasteiger partial charge in [0.2, 0.25) is 5.69 Å². The molecule has 2 rings (SSSR count). The van der Waals surface area contributed by atoms with Crippen molar-refractivity contribution in [1.82, 2.24) is 10.6 Å². The first-order chi connectivity index (χ1) is 9.11. The van der Waals surface area contributed by atoms with Gasteiger partial charge in [-0.2, -0.15) is 0 Å². The van der Waals surface area contributed by atoms with Gasteiger partial charge in [0.25, 0.3) is 0 Å². The van der Waals surface area contributed by atoms with E-state index in [1.54, 1.807) is 4.68 Å². The Kier molecular flexibility index (Phi) is 4.16. The molecule has 102 valence electrons. The number of aryl methyl sites for hydroxylation is 1. The molecule has 1 atom stereocenters. The number of nitrogens with zero attached hydrogens (tertiary/aromatic N) is 1. The van der Waals surface area contributed by atoms with Gasteiger partial charge in [-0.3, -0.25) is 4.52 Å². The minimum Gasteiger partial charge on any atom is -0.305 e. The Balaban J connectivity index is 2.27. The third-order valence-electron chi connectivity index (χ3n) is 3.26. The maximum Gasteiger partial charge on any atom is 0.431 e. The zero-order valence-electron chi connectivity index (χ0n) is 11.6. The number of nitrogens with one attached hydrogen (secondary N) is 2. The van der Waals surface area contributed by atoms with Crippen LogP contribution in [0.1, 0.15) is 31.5 Å². The highest BCUT2D eigenvalue weighted by atomic mass is 16.5. The fourth-order valence-electron chi connectivity index (χ4n) is 1.76. The topological polar surface area (TPSA) is 61.9 Å². The fraction of sp³-hybridized carbons (Fsp3) is 0.429. The molecular weight excluding hydrogens is 242 g/mol. The monoisotopic (exact) mass is 262 g/mol. The number of benzene rings is 1. The van der Waals surface area contributed by atoms with Crippen molar-refractivity contribution in [3.63, 3.8) is 0 Å². The van der Waals surface area contributed by atoms with Gasteiger partial charge in [-0.05, 0) is 30.2 Å². The molecule has 0 amide bonds. The Morgan fingerprint density at radius 2 is 2.05 bits per heavy atom. The van der Waals surface area contributed by atoms with Gasteiger partial charge in [0.1, 0.15) is 0 Å². The van der Waals surface area contributed by atoms with E-state index in [0.29, 0.717) is 18.3 Å². The summed E-state index contributed by atoms with van der Waals surface area (Å²) >= 11 is 0. The summed E-state index contributed by atoms with van der Waals surface area (Å²) in [5, 5.41) is 5.94. The Hall–Kier alpha value is -1.88. The van der Waals surface area contributed by atoms with Crippen LogP contribution in [0.4, 0.5) is 0 Å². The molecule has 0 saturated heterocycles. The molecule has 19 heavy (non-hydrogen) atoms. The molecule has 1 heterocycles. The lowest BCUT2D eigenvalue weighted by atomic mass is 10.2. The van der Waals surface area contributed by atoms with Crippen LogP contribution in [0.3, 0.4) is 0 Å². The highest BCUT2D eigenvalue weighted by Gasteiger charge is 2.22. The van der Waals surface area contributed by atoms with Crippen LogP contribution in [0.15, 0.2) is 33.6 Å². The lowest BCUT2D eigenvalue weighted by Crippen LogP contribution is -2.42. The van der Waals surface area contributed by atoms with Crippen molar-refractivity contribution in [3.05, 3.63) is 45.9 Å². The Morgan fingerprint density at radius 1 is 1.37 bits per heavy atom. The predicted molar refractivity (Wildman–Crippen MR) is 72.2 cm³/mol. The summed E-state index contributed by atoms with van der Waals surface area (Å²) in [4.78, 5) is 11.7. The zero-order valence-corrected chi connectivity index (χ0v) is 11.6. The average molecular weight is 262 g/mol. The maximum atomic E-state index is 11.7. The maximum absolute atomic E-state index is 11.7. The molecule has 1 unspecified atom stereocenters. The molecule has 2 N–H and O–H groups in total. The Morgan fingerprint density at radius 3 is 2.68 bits per heavy atom. The average Bonchev–Trinajstić information content (AvgIpc) is 2.78. The van der Waals surface area contributed by atoms with Crippen LogP contribution in [0.25, 0.3) is 5.69 Å². The fourth-order valence-corrected chi connectivity index (χ4v) is 1.76. The first kappa shape index (κ1) is 13.5. The number of aromatic nitrogens is 2. The van der Waals surface area contributed by atoms with Crippen molar-refractivity contribution in [2.75, 3.05) is 0 Å². The van der Waals surface area contributed by atoms with Crippen molar-refractivity contribution in [3.8, 4) is 5.69 Å². The van der Waals surface area contributed by atoms with E-state index in [9.17, 15) is 4.79 Å². The van der Waals surface area contributed by atoms with Crippen molar-refractivity contribution in [2.45, 2.75) is 39.8 Å². The molecule has 0 aliphatic carbocycles. The van der Waals surface area contributed by atoms with Gasteiger partial charge in [0.05, 0.1) is 6.54 Å². The van der Waals surface area contributed by atoms with Gasteiger partial charge in [-0.15, -0.1) is 0 Å². The molecule has 2 aromatic rings. The first-order valence-electron chi connectivity index (χ1n) is 6.54. The van der Waals surface area contributed by atoms with E-state index in [0.717, 1.165) is 12.1 Å². The van der Waals surface area contributed by atoms with Gasteiger partial charge in [0, 0.05) is 18.2 Å². The van der Waals surface area contributed by atoms with Gasteiger partial charge in [-0.25, -0.2) is 4.79 Å². The summed E-state index contributed by atoms with van der Waals surface area (Å²) in [5.74, 6) is 0. The summed E-state index contributed by atoms with van der Waals surface area (Å²) in [5.41, 5.74) is 2.30. The van der Waals surface area contributed by atoms with Crippen molar-refractivity contribution in [1.29, 1.82) is 0 Å². The summed E-state index contributed by atoms with van der Waals surface area (Å²) in [6.45, 7) is 6.70. The summed E-state index contributed by atoms with van der Waals surface area (Å²) in [6, 6.07) is 8.26. The molecular formula is C14H20N3O2+. The number of aromatic amines is 1. The zero-order chi connectivity index (χ0) is 13.8. The molecule has 0 radical (unpaired) electrons. The largest absolute Gasteiger partial charge is 0.431 e. The van der Waals surface area contributed by atoms with Crippen LogP contribution in [0, 0.1) is 6.92 Å². The molecule has 0 bridgehead atoms. The van der Waals surface area contributed by atoms with Gasteiger partial charge in [0.15, 0.2) is 0 Å². The van der Waals surface area contributed by atoms with Crippen molar-refractivity contribution < 1.29 is 9.20 Å². The Labute approximate surface area is 112 Å². The van der Waals surface area contributed by atoms with Crippen LogP contribution in [-0.2, 0) is 6.54 Å². The van der Waals surface area contributed by atoms with Crippen molar-refractivity contribution in [2.24, 2.45) is 0 Å². The molecule has 0 aliphatic heterocycles. The molecule has 0 saturated carbocycles. The smallest absolute Gasteiger partial charge is 0.305 e. The molecule has 5 nitrogen and oxygen atoms in total. The van der Waals surface area contributed by atoms with Crippen LogP contribution < -0.4 is 15.6 Å². The summed E-state index contributed by atoms with van der Waals surface area (Å²) in [7, 11) is 0. The molecule has 0 fully saturated rings. The molecule has 0 aliphatic rings. The molecule has 1 aromatic carbocycles. The first-order valence-corrected chi connectivity index (χ1v) is 6.54. The molecule has 0 spiro atoms. The van der Waals surface area contributed by atoms with E-state index in [2.05, 4.69) is 24.4 Å². The molecule has 1 aromatic heterocycles. The number of hydrogen-bond acceptors (Lipinski definition) is 3. The third-order valence-corrected chi connectivity index (χ3v) is 3.26. The second-order valence-corrected chi connectivity index (χ2v) is 4.79. The van der Waals surface area contributed by atoms with E-state index >= 15 is 0 Å². The van der Waals surface area contributed by atoms with Gasteiger partial charge in [-0.1, -0.05) is 24.6 Å². The van der Waals surface area contributed by atoms with Gasteiger partial charge >= 0.3 is 11.3 Å². The lowest BCUT2D eigenvalue weighted by molar-refractivity contribution is -0.677. The van der Waals surface area contributed by atoms with Crippen molar-refractivity contribution >= 4 is 0 Å². The molecule has 5 heteroatoms. The number of H-pyrrole nitrogens is 1. The second kappa shape index (κ2) is 5.84. The normalized spacial score (nSPS) is 12.6. The SMILES string of the molecule is CCC(C)NCc1c(=O)o[nH][n+]1-c1ccc(C)cc1. The summed E-state index contributed by atoms with van der Waals surface area (Å²) < 4.78 is 6.57. The quantitative estimate of drug-likeness (QED) is 0.802. The predicted octanol–water partition coefficient (Wildman–Crippen LogP) is 1.44. The highest BCUT2D eigenvalue weighted by molar-refractivity contribution is 5.26. The van der Waals surface area contributed by atoms with E-state index in [1.807, 2.05) is 31.2 Å². The van der Waals surface area contributed by atoms with E-state index in [1.165, 1.54) is 5.56 Å².